The Balaban J connectivity index is 0.000000225. The normalized spacial score (nSPS) is 11.5. The first-order valence-corrected chi connectivity index (χ1v) is 10.1. The zero-order valence-electron chi connectivity index (χ0n) is 19.9. The van der Waals surface area contributed by atoms with E-state index < -0.39 is 0 Å². The van der Waals surface area contributed by atoms with Crippen LogP contribution >= 0.6 is 0 Å². The molecule has 0 aliphatic carbocycles. The Morgan fingerprint density at radius 2 is 1.13 bits per heavy atom. The SMILES string of the molecule is CC(C)(C)c1ccnnc1.CC(C)(C)c1cnccn1.CC(C)(C)c1cncnc1. The number of hydrogen-bond acceptors (Lipinski definition) is 6. The molecule has 0 aromatic carbocycles. The molecule has 0 atom stereocenters. The van der Waals surface area contributed by atoms with Gasteiger partial charge in [0.25, 0.3) is 0 Å². The molecule has 0 aliphatic rings. The minimum Gasteiger partial charge on any atom is -0.261 e. The van der Waals surface area contributed by atoms with E-state index in [4.69, 9.17) is 0 Å². The molecule has 0 aliphatic heterocycles. The lowest BCUT2D eigenvalue weighted by atomic mass is 9.89. The highest BCUT2D eigenvalue weighted by atomic mass is 15.1. The monoisotopic (exact) mass is 408 g/mol. The van der Waals surface area contributed by atoms with Crippen molar-refractivity contribution in [3.05, 3.63) is 72.6 Å². The second kappa shape index (κ2) is 10.9. The fourth-order valence-corrected chi connectivity index (χ4v) is 2.11. The van der Waals surface area contributed by atoms with E-state index in [9.17, 15) is 0 Å². The summed E-state index contributed by atoms with van der Waals surface area (Å²) in [6.45, 7) is 19.3. The zero-order chi connectivity index (χ0) is 22.8. The topological polar surface area (TPSA) is 77.3 Å². The van der Waals surface area contributed by atoms with Gasteiger partial charge < -0.3 is 0 Å². The third-order valence-corrected chi connectivity index (χ3v) is 4.21. The minimum atomic E-state index is 0.119. The van der Waals surface area contributed by atoms with Crippen LogP contribution in [0, 0.1) is 0 Å². The first-order valence-electron chi connectivity index (χ1n) is 10.1. The summed E-state index contributed by atoms with van der Waals surface area (Å²) >= 11 is 0. The van der Waals surface area contributed by atoms with Gasteiger partial charge in [0.2, 0.25) is 0 Å². The van der Waals surface area contributed by atoms with Gasteiger partial charge in [-0.25, -0.2) is 9.97 Å². The van der Waals surface area contributed by atoms with Crippen molar-refractivity contribution in [1.29, 1.82) is 0 Å². The molecule has 3 heterocycles. The van der Waals surface area contributed by atoms with Crippen molar-refractivity contribution in [2.45, 2.75) is 78.6 Å². The first-order chi connectivity index (χ1) is 13.8. The van der Waals surface area contributed by atoms with Crippen molar-refractivity contribution in [3.8, 4) is 0 Å². The molecule has 0 N–H and O–H groups in total. The fourth-order valence-electron chi connectivity index (χ4n) is 2.11. The summed E-state index contributed by atoms with van der Waals surface area (Å²) in [6, 6.07) is 1.99. The van der Waals surface area contributed by atoms with Crippen LogP contribution in [0.5, 0.6) is 0 Å². The van der Waals surface area contributed by atoms with E-state index in [0.29, 0.717) is 0 Å². The highest BCUT2D eigenvalue weighted by molar-refractivity contribution is 5.15. The van der Waals surface area contributed by atoms with Crippen molar-refractivity contribution >= 4 is 0 Å². The lowest BCUT2D eigenvalue weighted by Crippen LogP contribution is -2.13. The van der Waals surface area contributed by atoms with Crippen molar-refractivity contribution in [2.24, 2.45) is 0 Å². The van der Waals surface area contributed by atoms with Crippen LogP contribution in [-0.4, -0.2) is 30.1 Å². The second-order valence-electron chi connectivity index (χ2n) is 10.1. The Morgan fingerprint density at radius 3 is 1.43 bits per heavy atom. The molecule has 6 nitrogen and oxygen atoms in total. The Hall–Kier alpha value is -2.76. The zero-order valence-corrected chi connectivity index (χ0v) is 19.9. The van der Waals surface area contributed by atoms with Crippen molar-refractivity contribution in [3.63, 3.8) is 0 Å². The summed E-state index contributed by atoms with van der Waals surface area (Å²) in [5.41, 5.74) is 3.92. The van der Waals surface area contributed by atoms with Gasteiger partial charge >= 0.3 is 0 Å². The standard InChI is InChI=1S/3C8H12N2/c1-8(2,3)7-4-9-6-10-5-7;1-8(2,3)7-6-9-4-5-10-7;1-8(2,3)7-4-5-9-10-6-7/h3*4-6H,1-3H3. The summed E-state index contributed by atoms with van der Waals surface area (Å²) in [6.07, 6.45) is 14.0. The average molecular weight is 409 g/mol. The van der Waals surface area contributed by atoms with Gasteiger partial charge in [-0.1, -0.05) is 62.3 Å². The van der Waals surface area contributed by atoms with Crippen LogP contribution in [0.2, 0.25) is 0 Å². The van der Waals surface area contributed by atoms with Crippen LogP contribution in [-0.2, 0) is 16.2 Å². The molecule has 0 saturated carbocycles. The fraction of sp³-hybridized carbons (Fsp3) is 0.500. The quantitative estimate of drug-likeness (QED) is 0.501. The van der Waals surface area contributed by atoms with E-state index in [1.165, 1.54) is 11.1 Å². The maximum atomic E-state index is 4.19. The van der Waals surface area contributed by atoms with Gasteiger partial charge in [-0.05, 0) is 28.0 Å². The van der Waals surface area contributed by atoms with Crippen LogP contribution in [0.4, 0.5) is 0 Å². The van der Waals surface area contributed by atoms with E-state index >= 15 is 0 Å². The maximum absolute atomic E-state index is 4.19. The molecular formula is C24H36N6. The van der Waals surface area contributed by atoms with E-state index in [1.807, 2.05) is 18.5 Å². The Kier molecular flexibility index (Phi) is 9.15. The smallest absolute Gasteiger partial charge is 0.115 e. The van der Waals surface area contributed by atoms with Crippen LogP contribution in [0.3, 0.4) is 0 Å². The summed E-state index contributed by atoms with van der Waals surface area (Å²) < 4.78 is 0. The molecule has 0 unspecified atom stereocenters. The molecule has 30 heavy (non-hydrogen) atoms. The first kappa shape index (κ1) is 25.3. The molecule has 0 saturated heterocycles. The summed E-state index contributed by atoms with van der Waals surface area (Å²) in [5, 5.41) is 7.51. The highest BCUT2D eigenvalue weighted by Gasteiger charge is 2.14. The number of nitrogens with zero attached hydrogens (tertiary/aromatic N) is 6. The average Bonchev–Trinajstić information content (AvgIpc) is 2.69. The van der Waals surface area contributed by atoms with Crippen LogP contribution in [0.1, 0.15) is 79.1 Å². The van der Waals surface area contributed by atoms with Gasteiger partial charge in [-0.15, -0.1) is 0 Å². The Bertz CT molecular complexity index is 712. The van der Waals surface area contributed by atoms with Gasteiger partial charge in [0.05, 0.1) is 11.9 Å². The molecule has 162 valence electrons. The molecule has 0 fully saturated rings. The van der Waals surface area contributed by atoms with E-state index in [2.05, 4.69) is 92.4 Å². The molecule has 3 rings (SSSR count). The van der Waals surface area contributed by atoms with E-state index in [0.717, 1.165) is 5.69 Å². The lowest BCUT2D eigenvalue weighted by molar-refractivity contribution is 0.565. The van der Waals surface area contributed by atoms with Gasteiger partial charge in [0.1, 0.15) is 6.33 Å². The molecule has 3 aromatic heterocycles. The van der Waals surface area contributed by atoms with Crippen molar-refractivity contribution < 1.29 is 0 Å². The largest absolute Gasteiger partial charge is 0.261 e. The second-order valence-corrected chi connectivity index (χ2v) is 10.1. The predicted molar refractivity (Wildman–Crippen MR) is 122 cm³/mol. The third kappa shape index (κ3) is 9.63. The van der Waals surface area contributed by atoms with Crippen LogP contribution < -0.4 is 0 Å². The van der Waals surface area contributed by atoms with Crippen LogP contribution in [0.25, 0.3) is 0 Å². The molecule has 3 aromatic rings. The van der Waals surface area contributed by atoms with E-state index in [1.54, 1.807) is 37.3 Å². The van der Waals surface area contributed by atoms with Crippen LogP contribution in [0.15, 0.2) is 55.8 Å². The molecule has 0 bridgehead atoms. The van der Waals surface area contributed by atoms with Gasteiger partial charge in [0.15, 0.2) is 0 Å². The molecular weight excluding hydrogens is 372 g/mol. The Labute approximate surface area is 181 Å². The number of aromatic nitrogens is 6. The summed E-state index contributed by atoms with van der Waals surface area (Å²) in [7, 11) is 0. The summed E-state index contributed by atoms with van der Waals surface area (Å²) in [5.74, 6) is 0. The lowest BCUT2D eigenvalue weighted by Gasteiger charge is -2.16. The number of hydrogen-bond donors (Lipinski definition) is 0. The van der Waals surface area contributed by atoms with Crippen molar-refractivity contribution in [2.75, 3.05) is 0 Å². The maximum Gasteiger partial charge on any atom is 0.115 e. The third-order valence-electron chi connectivity index (χ3n) is 4.21. The summed E-state index contributed by atoms with van der Waals surface area (Å²) in [4.78, 5) is 16.1. The minimum absolute atomic E-state index is 0.119. The van der Waals surface area contributed by atoms with E-state index in [-0.39, 0.29) is 16.2 Å². The van der Waals surface area contributed by atoms with Gasteiger partial charge in [0, 0.05) is 42.6 Å². The number of rotatable bonds is 0. The predicted octanol–water partition coefficient (Wildman–Crippen LogP) is 5.32. The Morgan fingerprint density at radius 1 is 0.533 bits per heavy atom. The molecule has 0 spiro atoms. The van der Waals surface area contributed by atoms with Crippen molar-refractivity contribution in [1.82, 2.24) is 30.1 Å². The molecule has 6 heteroatoms. The molecule has 0 radical (unpaired) electrons. The molecule has 0 amide bonds. The van der Waals surface area contributed by atoms with Gasteiger partial charge in [-0.3, -0.25) is 9.97 Å². The highest BCUT2D eigenvalue weighted by Crippen LogP contribution is 2.20. The van der Waals surface area contributed by atoms with Gasteiger partial charge in [-0.2, -0.15) is 10.2 Å².